The number of carbonyl (C=O) groups excluding carboxylic acids is 1. The summed E-state index contributed by atoms with van der Waals surface area (Å²) in [6.45, 7) is 1.54. The van der Waals surface area contributed by atoms with E-state index in [1.165, 1.54) is 18.2 Å². The van der Waals surface area contributed by atoms with Gasteiger partial charge in [0.1, 0.15) is 5.69 Å². The standard InChI is InChI=1S/C13H19N5O3/c1-17-7-3-4-9(17)8-15-13(19)10-5-2-6-11(18(20)21)12(10)16-14/h2,5-6,9,16H,3-4,7-8,14H2,1H3,(H,15,19). The Morgan fingerprint density at radius 3 is 2.90 bits per heavy atom. The van der Waals surface area contributed by atoms with E-state index >= 15 is 0 Å². The van der Waals surface area contributed by atoms with E-state index in [1.54, 1.807) is 0 Å². The zero-order valence-electron chi connectivity index (χ0n) is 11.8. The Balaban J connectivity index is 2.11. The molecule has 0 aliphatic carbocycles. The number of nitro benzene ring substituents is 1. The summed E-state index contributed by atoms with van der Waals surface area (Å²) in [6, 6.07) is 4.59. The largest absolute Gasteiger partial charge is 0.350 e. The van der Waals surface area contributed by atoms with E-state index in [0.717, 1.165) is 19.4 Å². The first-order chi connectivity index (χ1) is 10.0. The van der Waals surface area contributed by atoms with Crippen molar-refractivity contribution in [2.24, 2.45) is 5.84 Å². The second-order valence-electron chi connectivity index (χ2n) is 5.09. The van der Waals surface area contributed by atoms with Crippen molar-refractivity contribution in [2.45, 2.75) is 18.9 Å². The lowest BCUT2D eigenvalue weighted by molar-refractivity contribution is -0.384. The van der Waals surface area contributed by atoms with Crippen LogP contribution in [0.2, 0.25) is 0 Å². The fraction of sp³-hybridized carbons (Fsp3) is 0.462. The molecule has 2 rings (SSSR count). The lowest BCUT2D eigenvalue weighted by atomic mass is 10.1. The molecule has 1 amide bonds. The van der Waals surface area contributed by atoms with Gasteiger partial charge in [-0.15, -0.1) is 0 Å². The Labute approximate surface area is 122 Å². The van der Waals surface area contributed by atoms with Gasteiger partial charge in [-0.25, -0.2) is 0 Å². The topological polar surface area (TPSA) is 114 Å². The van der Waals surface area contributed by atoms with Crippen molar-refractivity contribution in [1.82, 2.24) is 10.2 Å². The number of rotatable bonds is 5. The molecule has 1 aliphatic heterocycles. The molecule has 0 saturated carbocycles. The molecule has 0 aromatic heterocycles. The average molecular weight is 293 g/mol. The average Bonchev–Trinajstić information content (AvgIpc) is 2.89. The number of nitrogens with one attached hydrogen (secondary N) is 2. The highest BCUT2D eigenvalue weighted by molar-refractivity contribution is 6.01. The van der Waals surface area contributed by atoms with Crippen molar-refractivity contribution in [3.8, 4) is 0 Å². The minimum Gasteiger partial charge on any atom is -0.350 e. The minimum atomic E-state index is -0.573. The predicted octanol–water partition coefficient (Wildman–Crippen LogP) is 0.704. The summed E-state index contributed by atoms with van der Waals surface area (Å²) in [4.78, 5) is 24.8. The van der Waals surface area contributed by atoms with Crippen LogP contribution in [0.1, 0.15) is 23.2 Å². The van der Waals surface area contributed by atoms with Crippen LogP contribution in [0.25, 0.3) is 0 Å². The summed E-state index contributed by atoms with van der Waals surface area (Å²) in [5.41, 5.74) is 2.23. The van der Waals surface area contributed by atoms with Gasteiger partial charge in [0, 0.05) is 18.7 Å². The summed E-state index contributed by atoms with van der Waals surface area (Å²) in [6.07, 6.45) is 2.15. The molecular weight excluding hydrogens is 274 g/mol. The van der Waals surface area contributed by atoms with Crippen molar-refractivity contribution < 1.29 is 9.72 Å². The molecule has 1 aliphatic rings. The monoisotopic (exact) mass is 293 g/mol. The zero-order chi connectivity index (χ0) is 15.4. The lowest BCUT2D eigenvalue weighted by Crippen LogP contribution is -2.38. The number of hydrogen-bond acceptors (Lipinski definition) is 6. The fourth-order valence-corrected chi connectivity index (χ4v) is 2.58. The highest BCUT2D eigenvalue weighted by atomic mass is 16.6. The number of nitrogens with two attached hydrogens (primary N) is 1. The van der Waals surface area contributed by atoms with Crippen LogP contribution in [0, 0.1) is 10.1 Å². The van der Waals surface area contributed by atoms with Crippen molar-refractivity contribution in [1.29, 1.82) is 0 Å². The van der Waals surface area contributed by atoms with E-state index in [2.05, 4.69) is 15.6 Å². The Morgan fingerprint density at radius 1 is 1.57 bits per heavy atom. The van der Waals surface area contributed by atoms with Gasteiger partial charge in [-0.1, -0.05) is 6.07 Å². The van der Waals surface area contributed by atoms with Gasteiger partial charge in [-0.05, 0) is 32.5 Å². The summed E-state index contributed by atoms with van der Waals surface area (Å²) >= 11 is 0. The van der Waals surface area contributed by atoms with Crippen LogP contribution >= 0.6 is 0 Å². The van der Waals surface area contributed by atoms with Gasteiger partial charge in [0.05, 0.1) is 10.5 Å². The minimum absolute atomic E-state index is 0.0276. The first-order valence-electron chi connectivity index (χ1n) is 6.77. The van der Waals surface area contributed by atoms with Gasteiger partial charge in [0.15, 0.2) is 0 Å². The van der Waals surface area contributed by atoms with Crippen LogP contribution in [0.15, 0.2) is 18.2 Å². The van der Waals surface area contributed by atoms with Gasteiger partial charge in [-0.2, -0.15) is 0 Å². The second kappa shape index (κ2) is 6.51. The molecule has 8 heteroatoms. The number of nitrogens with zero attached hydrogens (tertiary/aromatic N) is 2. The molecule has 1 unspecified atom stereocenters. The number of hydrazine groups is 1. The SMILES string of the molecule is CN1CCCC1CNC(=O)c1cccc([N+](=O)[O-])c1NN. The lowest BCUT2D eigenvalue weighted by Gasteiger charge is -2.20. The van der Waals surface area contributed by atoms with Crippen LogP contribution in [-0.4, -0.2) is 41.9 Å². The predicted molar refractivity (Wildman–Crippen MR) is 78.9 cm³/mol. The Bertz CT molecular complexity index is 549. The van der Waals surface area contributed by atoms with E-state index in [9.17, 15) is 14.9 Å². The van der Waals surface area contributed by atoms with Crippen molar-refractivity contribution in [3.63, 3.8) is 0 Å². The molecule has 1 atom stereocenters. The van der Waals surface area contributed by atoms with Crippen LogP contribution < -0.4 is 16.6 Å². The summed E-state index contributed by atoms with van der Waals surface area (Å²) in [7, 11) is 2.02. The molecule has 1 aromatic rings. The van der Waals surface area contributed by atoms with Crippen molar-refractivity contribution >= 4 is 17.3 Å². The summed E-state index contributed by atoms with van der Waals surface area (Å²) in [5.74, 6) is 4.96. The number of likely N-dealkylation sites (tertiary alicyclic amines) is 1. The highest BCUT2D eigenvalue weighted by Gasteiger charge is 2.24. The van der Waals surface area contributed by atoms with E-state index in [4.69, 9.17) is 5.84 Å². The van der Waals surface area contributed by atoms with Crippen molar-refractivity contribution in [3.05, 3.63) is 33.9 Å². The molecule has 1 aromatic carbocycles. The van der Waals surface area contributed by atoms with E-state index in [-0.39, 0.29) is 22.8 Å². The number of anilines is 1. The number of nitrogen functional groups attached to an aromatic ring is 1. The molecule has 0 radical (unpaired) electrons. The molecule has 1 heterocycles. The molecule has 8 nitrogen and oxygen atoms in total. The zero-order valence-corrected chi connectivity index (χ0v) is 11.8. The van der Waals surface area contributed by atoms with Crippen LogP contribution in [0.5, 0.6) is 0 Å². The smallest absolute Gasteiger partial charge is 0.294 e. The van der Waals surface area contributed by atoms with Gasteiger partial charge in [-0.3, -0.25) is 20.8 Å². The maximum atomic E-state index is 12.2. The Kier molecular flexibility index (Phi) is 4.71. The number of amides is 1. The number of benzene rings is 1. The number of carbonyl (C=O) groups is 1. The quantitative estimate of drug-likeness (QED) is 0.418. The van der Waals surface area contributed by atoms with Crippen molar-refractivity contribution in [2.75, 3.05) is 25.6 Å². The first kappa shape index (κ1) is 15.2. The molecule has 21 heavy (non-hydrogen) atoms. The van der Waals surface area contributed by atoms with Gasteiger partial charge in [0.2, 0.25) is 0 Å². The second-order valence-corrected chi connectivity index (χ2v) is 5.09. The van der Waals surface area contributed by atoms with Gasteiger partial charge in [0.25, 0.3) is 11.6 Å². The van der Waals surface area contributed by atoms with Crippen LogP contribution in [0.3, 0.4) is 0 Å². The number of nitro groups is 1. The Hall–Kier alpha value is -2.19. The van der Waals surface area contributed by atoms with Gasteiger partial charge >= 0.3 is 0 Å². The molecular formula is C13H19N5O3. The number of para-hydroxylation sites is 1. The number of hydrogen-bond donors (Lipinski definition) is 3. The molecule has 114 valence electrons. The Morgan fingerprint density at radius 2 is 2.33 bits per heavy atom. The van der Waals surface area contributed by atoms with E-state index in [0.29, 0.717) is 12.6 Å². The van der Waals surface area contributed by atoms with E-state index < -0.39 is 4.92 Å². The maximum Gasteiger partial charge on any atom is 0.294 e. The van der Waals surface area contributed by atoms with Gasteiger partial charge < -0.3 is 15.6 Å². The number of likely N-dealkylation sites (N-methyl/N-ethyl adjacent to an activating group) is 1. The maximum absolute atomic E-state index is 12.2. The highest BCUT2D eigenvalue weighted by Crippen LogP contribution is 2.27. The molecule has 0 spiro atoms. The molecule has 1 saturated heterocycles. The van der Waals surface area contributed by atoms with Crippen LogP contribution in [-0.2, 0) is 0 Å². The molecule has 1 fully saturated rings. The summed E-state index contributed by atoms with van der Waals surface area (Å²) < 4.78 is 0. The third kappa shape index (κ3) is 3.29. The molecule has 4 N–H and O–H groups in total. The van der Waals surface area contributed by atoms with E-state index in [1.807, 2.05) is 7.05 Å². The fourth-order valence-electron chi connectivity index (χ4n) is 2.58. The summed E-state index contributed by atoms with van der Waals surface area (Å²) in [5, 5.41) is 13.8. The third-order valence-electron chi connectivity index (χ3n) is 3.80. The van der Waals surface area contributed by atoms with Crippen LogP contribution in [0.4, 0.5) is 11.4 Å². The first-order valence-corrected chi connectivity index (χ1v) is 6.77. The molecule has 0 bridgehead atoms. The normalized spacial score (nSPS) is 18.5. The third-order valence-corrected chi connectivity index (χ3v) is 3.80.